The van der Waals surface area contributed by atoms with Crippen LogP contribution in [0, 0.1) is 11.7 Å². The van der Waals surface area contributed by atoms with Gasteiger partial charge in [0.25, 0.3) is 5.91 Å². The number of pyridine rings is 2. The SMILES string of the molecule is CCc1cc2c(C(=O)NC)c(-c3ccc(F)cc3)oc2nc1N(CC(C)Cc1ccc(OC)nc1)S(C)(=O)=O. The van der Waals surface area contributed by atoms with Gasteiger partial charge in [0, 0.05) is 31.4 Å². The van der Waals surface area contributed by atoms with Gasteiger partial charge < -0.3 is 14.5 Å². The van der Waals surface area contributed by atoms with Gasteiger partial charge in [-0.15, -0.1) is 0 Å². The molecule has 0 bridgehead atoms. The van der Waals surface area contributed by atoms with Gasteiger partial charge in [-0.3, -0.25) is 9.10 Å². The van der Waals surface area contributed by atoms with E-state index in [-0.39, 0.29) is 35.3 Å². The number of nitrogens with zero attached hydrogens (tertiary/aromatic N) is 3. The molecular formula is C28H31FN4O5S. The number of furan rings is 1. The molecule has 1 aromatic carbocycles. The van der Waals surface area contributed by atoms with Gasteiger partial charge in [0.2, 0.25) is 21.6 Å². The summed E-state index contributed by atoms with van der Waals surface area (Å²) in [6.07, 6.45) is 3.90. The predicted octanol–water partition coefficient (Wildman–Crippen LogP) is 4.60. The summed E-state index contributed by atoms with van der Waals surface area (Å²) in [4.78, 5) is 21.8. The molecule has 0 aliphatic carbocycles. The Bertz CT molecular complexity index is 1590. The number of sulfonamides is 1. The minimum Gasteiger partial charge on any atom is -0.481 e. The molecule has 0 radical (unpaired) electrons. The Morgan fingerprint density at radius 3 is 2.49 bits per heavy atom. The standard InChI is InChI=1S/C28H31FN4O5S/c1-6-19-14-22-24(27(34)30-3)25(20-8-10-21(29)11-9-20)38-28(22)32-26(19)33(39(5,35)36)16-17(2)13-18-7-12-23(37-4)31-15-18/h7-12,14-15,17H,6,13,16H2,1-5H3,(H,30,34). The summed E-state index contributed by atoms with van der Waals surface area (Å²) >= 11 is 0. The summed E-state index contributed by atoms with van der Waals surface area (Å²) in [5.41, 5.74) is 2.44. The number of methoxy groups -OCH3 is 1. The first-order valence-corrected chi connectivity index (χ1v) is 14.3. The van der Waals surface area contributed by atoms with Crippen LogP contribution in [0.4, 0.5) is 10.2 Å². The maximum Gasteiger partial charge on any atom is 0.255 e. The molecule has 4 aromatic rings. The van der Waals surface area contributed by atoms with E-state index in [1.807, 2.05) is 19.9 Å². The Hall–Kier alpha value is -3.99. The van der Waals surface area contributed by atoms with Crippen LogP contribution in [0.25, 0.3) is 22.4 Å². The molecule has 0 aliphatic rings. The van der Waals surface area contributed by atoms with Crippen LogP contribution < -0.4 is 14.4 Å². The number of anilines is 1. The first kappa shape index (κ1) is 28.0. The lowest BCUT2D eigenvalue weighted by atomic mass is 10.0. The molecule has 39 heavy (non-hydrogen) atoms. The van der Waals surface area contributed by atoms with Crippen molar-refractivity contribution in [3.05, 3.63) is 71.2 Å². The van der Waals surface area contributed by atoms with E-state index < -0.39 is 21.7 Å². The zero-order chi connectivity index (χ0) is 28.3. The lowest BCUT2D eigenvalue weighted by molar-refractivity contribution is 0.0964. The number of amides is 1. The number of aryl methyl sites for hydroxylation is 1. The molecule has 9 nitrogen and oxygen atoms in total. The van der Waals surface area contributed by atoms with Crippen molar-refractivity contribution in [3.8, 4) is 17.2 Å². The van der Waals surface area contributed by atoms with Gasteiger partial charge in [-0.25, -0.2) is 17.8 Å². The Balaban J connectivity index is 1.79. The third-order valence-electron chi connectivity index (χ3n) is 6.39. The van der Waals surface area contributed by atoms with Gasteiger partial charge in [-0.05, 0) is 60.2 Å². The molecule has 0 fully saturated rings. The maximum atomic E-state index is 13.6. The van der Waals surface area contributed by atoms with Crippen LogP contribution in [0.15, 0.2) is 53.1 Å². The van der Waals surface area contributed by atoms with Crippen LogP contribution in [0.2, 0.25) is 0 Å². The van der Waals surface area contributed by atoms with Crippen molar-refractivity contribution < 1.29 is 26.8 Å². The zero-order valence-corrected chi connectivity index (χ0v) is 23.3. The van der Waals surface area contributed by atoms with Crippen molar-refractivity contribution in [1.82, 2.24) is 15.3 Å². The average Bonchev–Trinajstić information content (AvgIpc) is 3.29. The molecule has 3 heterocycles. The van der Waals surface area contributed by atoms with Crippen LogP contribution in [0.3, 0.4) is 0 Å². The Morgan fingerprint density at radius 2 is 1.92 bits per heavy atom. The minimum absolute atomic E-state index is 0.0788. The molecule has 0 spiro atoms. The molecule has 0 saturated heterocycles. The average molecular weight is 555 g/mol. The number of benzene rings is 1. The number of hydrogen-bond acceptors (Lipinski definition) is 7. The van der Waals surface area contributed by atoms with E-state index in [1.165, 1.54) is 35.6 Å². The smallest absolute Gasteiger partial charge is 0.255 e. The quantitative estimate of drug-likeness (QED) is 0.305. The second-order valence-corrected chi connectivity index (χ2v) is 11.3. The highest BCUT2D eigenvalue weighted by Gasteiger charge is 2.28. The Kier molecular flexibility index (Phi) is 8.19. The first-order chi connectivity index (χ1) is 18.5. The monoisotopic (exact) mass is 554 g/mol. The molecular weight excluding hydrogens is 523 g/mol. The summed E-state index contributed by atoms with van der Waals surface area (Å²) in [5, 5.41) is 3.06. The molecule has 0 saturated carbocycles. The number of carbonyl (C=O) groups excluding carboxylic acids is 1. The number of fused-ring (bicyclic) bond motifs is 1. The van der Waals surface area contributed by atoms with E-state index in [0.717, 1.165) is 11.8 Å². The van der Waals surface area contributed by atoms with E-state index in [0.29, 0.717) is 35.2 Å². The largest absolute Gasteiger partial charge is 0.481 e. The van der Waals surface area contributed by atoms with Crippen molar-refractivity contribution in [2.24, 2.45) is 5.92 Å². The summed E-state index contributed by atoms with van der Waals surface area (Å²) in [6, 6.07) is 11.0. The molecule has 1 atom stereocenters. The number of halogens is 1. The molecule has 4 rings (SSSR count). The lowest BCUT2D eigenvalue weighted by Gasteiger charge is -2.26. The van der Waals surface area contributed by atoms with E-state index in [9.17, 15) is 17.6 Å². The fourth-order valence-corrected chi connectivity index (χ4v) is 5.47. The normalized spacial score (nSPS) is 12.4. The number of hydrogen-bond donors (Lipinski definition) is 1. The fourth-order valence-electron chi connectivity index (χ4n) is 4.47. The molecule has 3 aromatic heterocycles. The third kappa shape index (κ3) is 6.03. The van der Waals surface area contributed by atoms with Crippen molar-refractivity contribution in [3.63, 3.8) is 0 Å². The molecule has 0 aliphatic heterocycles. The van der Waals surface area contributed by atoms with E-state index in [1.54, 1.807) is 25.4 Å². The van der Waals surface area contributed by atoms with Gasteiger partial charge in [0.05, 0.1) is 24.3 Å². The number of aromatic nitrogens is 2. The summed E-state index contributed by atoms with van der Waals surface area (Å²) < 4.78 is 52.0. The highest BCUT2D eigenvalue weighted by atomic mass is 32.2. The van der Waals surface area contributed by atoms with Gasteiger partial charge in [-0.2, -0.15) is 4.98 Å². The lowest BCUT2D eigenvalue weighted by Crippen LogP contribution is -2.36. The number of ether oxygens (including phenoxy) is 1. The number of carbonyl (C=O) groups is 1. The van der Waals surface area contributed by atoms with E-state index >= 15 is 0 Å². The summed E-state index contributed by atoms with van der Waals surface area (Å²) in [5.74, 6) is 0.0749. The fraction of sp³-hybridized carbons (Fsp3) is 0.321. The molecule has 1 amide bonds. The molecule has 1 N–H and O–H groups in total. The number of rotatable bonds is 10. The van der Waals surface area contributed by atoms with Crippen LogP contribution in [0.5, 0.6) is 5.88 Å². The van der Waals surface area contributed by atoms with Crippen LogP contribution in [0.1, 0.15) is 35.3 Å². The topological polar surface area (TPSA) is 115 Å². The van der Waals surface area contributed by atoms with Gasteiger partial charge >= 0.3 is 0 Å². The van der Waals surface area contributed by atoms with E-state index in [4.69, 9.17) is 9.15 Å². The third-order valence-corrected chi connectivity index (χ3v) is 7.51. The van der Waals surface area contributed by atoms with Crippen LogP contribution >= 0.6 is 0 Å². The predicted molar refractivity (Wildman–Crippen MR) is 148 cm³/mol. The summed E-state index contributed by atoms with van der Waals surface area (Å²) in [6.45, 7) is 4.01. The second-order valence-electron chi connectivity index (χ2n) is 9.38. The Morgan fingerprint density at radius 1 is 1.21 bits per heavy atom. The maximum absolute atomic E-state index is 13.6. The second kappa shape index (κ2) is 11.4. The van der Waals surface area contributed by atoms with E-state index in [2.05, 4.69) is 15.3 Å². The van der Waals surface area contributed by atoms with Crippen LogP contribution in [-0.4, -0.2) is 51.3 Å². The summed E-state index contributed by atoms with van der Waals surface area (Å²) in [7, 11) is -0.678. The first-order valence-electron chi connectivity index (χ1n) is 12.5. The van der Waals surface area contributed by atoms with Gasteiger partial charge in [-0.1, -0.05) is 19.9 Å². The van der Waals surface area contributed by atoms with Crippen molar-refractivity contribution in [2.75, 3.05) is 31.3 Å². The highest BCUT2D eigenvalue weighted by Crippen LogP contribution is 2.36. The molecule has 206 valence electrons. The van der Waals surface area contributed by atoms with Crippen molar-refractivity contribution >= 4 is 32.8 Å². The molecule has 11 heteroatoms. The Labute approximate surface area is 227 Å². The zero-order valence-electron chi connectivity index (χ0n) is 22.5. The highest BCUT2D eigenvalue weighted by molar-refractivity contribution is 7.92. The van der Waals surface area contributed by atoms with Crippen molar-refractivity contribution in [1.29, 1.82) is 0 Å². The van der Waals surface area contributed by atoms with Gasteiger partial charge in [0.15, 0.2) is 0 Å². The van der Waals surface area contributed by atoms with Gasteiger partial charge in [0.1, 0.15) is 17.4 Å². The van der Waals surface area contributed by atoms with Crippen molar-refractivity contribution in [2.45, 2.75) is 26.7 Å². The number of nitrogens with one attached hydrogen (secondary N) is 1. The minimum atomic E-state index is -3.73. The molecule has 1 unspecified atom stereocenters. The van der Waals surface area contributed by atoms with Crippen LogP contribution in [-0.2, 0) is 22.9 Å².